The number of hydrogen-bond acceptors (Lipinski definition) is 6. The first-order chi connectivity index (χ1) is 26.7. The lowest BCUT2D eigenvalue weighted by atomic mass is 10.0. The Bertz CT molecular complexity index is 839. The van der Waals surface area contributed by atoms with Crippen LogP contribution in [0, 0.1) is 11.8 Å². The van der Waals surface area contributed by atoms with E-state index in [4.69, 9.17) is 14.2 Å². The number of esters is 3. The summed E-state index contributed by atoms with van der Waals surface area (Å²) in [6.07, 6.45) is 40.9. The van der Waals surface area contributed by atoms with Gasteiger partial charge in [0.2, 0.25) is 0 Å². The molecule has 0 saturated carbocycles. The summed E-state index contributed by atoms with van der Waals surface area (Å²) in [5.41, 5.74) is 0. The van der Waals surface area contributed by atoms with Crippen molar-refractivity contribution in [3.05, 3.63) is 0 Å². The molecule has 1 atom stereocenters. The number of unbranched alkanes of at least 4 members (excludes halogenated alkanes) is 28. The van der Waals surface area contributed by atoms with E-state index in [1.165, 1.54) is 154 Å². The molecule has 0 amide bonds. The standard InChI is InChI=1S/C49H94O6/c1-6-7-8-9-10-17-24-29-34-39-47(50)53-42-46(55-49(52)41-36-31-26-21-16-12-14-19-23-28-33-38-45(4)5)43-54-48(51)40-35-30-25-20-15-11-13-18-22-27-32-37-44(2)3/h44-46H,6-43H2,1-5H3/t46-/m1/s1. The van der Waals surface area contributed by atoms with Crippen molar-refractivity contribution in [3.63, 3.8) is 0 Å². The van der Waals surface area contributed by atoms with Gasteiger partial charge < -0.3 is 14.2 Å². The summed E-state index contributed by atoms with van der Waals surface area (Å²) >= 11 is 0. The van der Waals surface area contributed by atoms with Crippen molar-refractivity contribution in [2.75, 3.05) is 13.2 Å². The summed E-state index contributed by atoms with van der Waals surface area (Å²) < 4.78 is 16.7. The monoisotopic (exact) mass is 779 g/mol. The molecule has 6 nitrogen and oxygen atoms in total. The van der Waals surface area contributed by atoms with E-state index < -0.39 is 6.10 Å². The molecule has 0 rings (SSSR count). The van der Waals surface area contributed by atoms with Gasteiger partial charge in [-0.05, 0) is 31.1 Å². The fourth-order valence-electron chi connectivity index (χ4n) is 7.28. The van der Waals surface area contributed by atoms with Crippen LogP contribution in [0.5, 0.6) is 0 Å². The van der Waals surface area contributed by atoms with E-state index in [2.05, 4.69) is 34.6 Å². The zero-order chi connectivity index (χ0) is 40.5. The third kappa shape index (κ3) is 43.4. The normalized spacial score (nSPS) is 12.1. The molecule has 326 valence electrons. The van der Waals surface area contributed by atoms with Crippen molar-refractivity contribution < 1.29 is 28.6 Å². The minimum atomic E-state index is -0.760. The van der Waals surface area contributed by atoms with Gasteiger partial charge in [0.1, 0.15) is 13.2 Å². The van der Waals surface area contributed by atoms with Gasteiger partial charge in [0.05, 0.1) is 0 Å². The summed E-state index contributed by atoms with van der Waals surface area (Å²) in [4.78, 5) is 37.8. The van der Waals surface area contributed by atoms with Crippen LogP contribution in [0.2, 0.25) is 0 Å². The quantitative estimate of drug-likeness (QED) is 0.0348. The van der Waals surface area contributed by atoms with Crippen LogP contribution in [0.3, 0.4) is 0 Å². The van der Waals surface area contributed by atoms with Crippen LogP contribution in [0.25, 0.3) is 0 Å². The Morgan fingerprint density at radius 3 is 0.891 bits per heavy atom. The van der Waals surface area contributed by atoms with Crippen molar-refractivity contribution in [1.29, 1.82) is 0 Å². The molecule has 0 unspecified atom stereocenters. The number of hydrogen-bond donors (Lipinski definition) is 0. The van der Waals surface area contributed by atoms with Gasteiger partial charge in [-0.3, -0.25) is 14.4 Å². The number of rotatable bonds is 43. The predicted octanol–water partition coefficient (Wildman–Crippen LogP) is 15.4. The van der Waals surface area contributed by atoms with E-state index >= 15 is 0 Å². The number of carbonyl (C=O) groups excluding carboxylic acids is 3. The molecule has 0 spiro atoms. The average molecular weight is 779 g/mol. The highest BCUT2D eigenvalue weighted by Gasteiger charge is 2.19. The van der Waals surface area contributed by atoms with Crippen molar-refractivity contribution in [1.82, 2.24) is 0 Å². The average Bonchev–Trinajstić information content (AvgIpc) is 3.15. The van der Waals surface area contributed by atoms with E-state index in [0.717, 1.165) is 69.6 Å². The third-order valence-electron chi connectivity index (χ3n) is 11.0. The Hall–Kier alpha value is -1.59. The summed E-state index contributed by atoms with van der Waals surface area (Å²) in [6, 6.07) is 0. The van der Waals surface area contributed by atoms with Crippen LogP contribution in [-0.2, 0) is 28.6 Å². The Morgan fingerprint density at radius 2 is 0.600 bits per heavy atom. The first-order valence-corrected chi connectivity index (χ1v) is 24.2. The summed E-state index contributed by atoms with van der Waals surface area (Å²) in [5.74, 6) is 0.797. The fourth-order valence-corrected chi connectivity index (χ4v) is 7.28. The maximum absolute atomic E-state index is 12.7. The predicted molar refractivity (Wildman–Crippen MR) is 233 cm³/mol. The Kier molecular flexibility index (Phi) is 40.8. The molecule has 0 saturated heterocycles. The largest absolute Gasteiger partial charge is 0.462 e. The second kappa shape index (κ2) is 42.0. The minimum absolute atomic E-state index is 0.0644. The second-order valence-electron chi connectivity index (χ2n) is 17.7. The summed E-state index contributed by atoms with van der Waals surface area (Å²) in [7, 11) is 0. The Morgan fingerprint density at radius 1 is 0.345 bits per heavy atom. The minimum Gasteiger partial charge on any atom is -0.462 e. The molecule has 0 heterocycles. The molecule has 0 radical (unpaired) electrons. The number of carbonyl (C=O) groups is 3. The molecule has 0 aliphatic rings. The van der Waals surface area contributed by atoms with Crippen LogP contribution in [-0.4, -0.2) is 37.2 Å². The molecule has 0 aliphatic carbocycles. The van der Waals surface area contributed by atoms with Gasteiger partial charge in [0.25, 0.3) is 0 Å². The topological polar surface area (TPSA) is 78.9 Å². The van der Waals surface area contributed by atoms with Crippen molar-refractivity contribution in [2.24, 2.45) is 11.8 Å². The molecule has 0 bridgehead atoms. The van der Waals surface area contributed by atoms with Crippen LogP contribution in [0.4, 0.5) is 0 Å². The lowest BCUT2D eigenvalue weighted by Crippen LogP contribution is -2.30. The maximum Gasteiger partial charge on any atom is 0.306 e. The molecule has 0 aromatic carbocycles. The van der Waals surface area contributed by atoms with Crippen LogP contribution in [0.15, 0.2) is 0 Å². The van der Waals surface area contributed by atoms with E-state index in [1.807, 2.05) is 0 Å². The molecule has 55 heavy (non-hydrogen) atoms. The van der Waals surface area contributed by atoms with Crippen LogP contribution >= 0.6 is 0 Å². The molecule has 0 N–H and O–H groups in total. The second-order valence-corrected chi connectivity index (χ2v) is 17.7. The van der Waals surface area contributed by atoms with Crippen LogP contribution < -0.4 is 0 Å². The Balaban J connectivity index is 4.30. The van der Waals surface area contributed by atoms with Gasteiger partial charge in [-0.25, -0.2) is 0 Å². The zero-order valence-corrected chi connectivity index (χ0v) is 37.6. The molecular weight excluding hydrogens is 685 g/mol. The SMILES string of the molecule is CCCCCCCCCCCC(=O)OC[C@H](COC(=O)CCCCCCCCCCCCCC(C)C)OC(=O)CCCCCCCCCCCCCC(C)C. The highest BCUT2D eigenvalue weighted by Crippen LogP contribution is 2.17. The lowest BCUT2D eigenvalue weighted by molar-refractivity contribution is -0.167. The highest BCUT2D eigenvalue weighted by atomic mass is 16.6. The van der Waals surface area contributed by atoms with Gasteiger partial charge in [-0.2, -0.15) is 0 Å². The van der Waals surface area contributed by atoms with E-state index in [-0.39, 0.29) is 31.1 Å². The smallest absolute Gasteiger partial charge is 0.306 e. The van der Waals surface area contributed by atoms with Gasteiger partial charge in [0, 0.05) is 19.3 Å². The van der Waals surface area contributed by atoms with Gasteiger partial charge in [-0.1, -0.05) is 227 Å². The van der Waals surface area contributed by atoms with Gasteiger partial charge >= 0.3 is 17.9 Å². The first kappa shape index (κ1) is 53.4. The van der Waals surface area contributed by atoms with Crippen molar-refractivity contribution in [3.8, 4) is 0 Å². The third-order valence-corrected chi connectivity index (χ3v) is 11.0. The van der Waals surface area contributed by atoms with Gasteiger partial charge in [0.15, 0.2) is 6.10 Å². The summed E-state index contributed by atoms with van der Waals surface area (Å²) in [6.45, 7) is 11.3. The lowest BCUT2D eigenvalue weighted by Gasteiger charge is -2.18. The maximum atomic E-state index is 12.7. The van der Waals surface area contributed by atoms with E-state index in [9.17, 15) is 14.4 Å². The van der Waals surface area contributed by atoms with Crippen LogP contribution in [0.1, 0.15) is 266 Å². The molecule has 0 aromatic heterocycles. The van der Waals surface area contributed by atoms with E-state index in [1.54, 1.807) is 0 Å². The molecule has 0 aliphatic heterocycles. The zero-order valence-electron chi connectivity index (χ0n) is 37.6. The fraction of sp³-hybridized carbons (Fsp3) is 0.939. The molecular formula is C49H94O6. The summed E-state index contributed by atoms with van der Waals surface area (Å²) in [5, 5.41) is 0. The molecule has 6 heteroatoms. The highest BCUT2D eigenvalue weighted by molar-refractivity contribution is 5.71. The molecule has 0 aromatic rings. The number of ether oxygens (including phenoxy) is 3. The Labute approximate surface area is 342 Å². The van der Waals surface area contributed by atoms with Crippen molar-refractivity contribution in [2.45, 2.75) is 272 Å². The van der Waals surface area contributed by atoms with E-state index in [0.29, 0.717) is 19.3 Å². The first-order valence-electron chi connectivity index (χ1n) is 24.2. The molecule has 0 fully saturated rings. The van der Waals surface area contributed by atoms with Crippen molar-refractivity contribution >= 4 is 17.9 Å². The van der Waals surface area contributed by atoms with Gasteiger partial charge in [-0.15, -0.1) is 0 Å².